The molecule has 0 spiro atoms. The van der Waals surface area contributed by atoms with Crippen molar-refractivity contribution in [3.05, 3.63) is 46.2 Å². The largest absolute Gasteiger partial charge is 0.494 e. The molecule has 0 aliphatic rings. The van der Waals surface area contributed by atoms with Gasteiger partial charge >= 0.3 is 0 Å². The van der Waals surface area contributed by atoms with Gasteiger partial charge in [-0.25, -0.2) is 0 Å². The predicted octanol–water partition coefficient (Wildman–Crippen LogP) is 4.23. The first-order chi connectivity index (χ1) is 10.3. The predicted molar refractivity (Wildman–Crippen MR) is 88.3 cm³/mol. The van der Waals surface area contributed by atoms with E-state index >= 15 is 0 Å². The third-order valence-electron chi connectivity index (χ3n) is 2.94. The number of hydrogen-bond donors (Lipinski definition) is 1. The van der Waals surface area contributed by atoms with Crippen molar-refractivity contribution in [1.29, 1.82) is 0 Å². The number of benzene rings is 1. The summed E-state index contributed by atoms with van der Waals surface area (Å²) >= 11 is 1.79. The molecule has 1 N–H and O–H groups in total. The third-order valence-corrected chi connectivity index (χ3v) is 4.00. The van der Waals surface area contributed by atoms with Crippen molar-refractivity contribution in [3.8, 4) is 11.5 Å². The maximum atomic E-state index is 5.80. The van der Waals surface area contributed by atoms with Gasteiger partial charge in [-0.3, -0.25) is 0 Å². The number of hydrogen-bond acceptors (Lipinski definition) is 4. The van der Waals surface area contributed by atoms with Crippen molar-refractivity contribution in [3.63, 3.8) is 0 Å². The van der Waals surface area contributed by atoms with Gasteiger partial charge in [-0.2, -0.15) is 0 Å². The van der Waals surface area contributed by atoms with Gasteiger partial charge in [0.25, 0.3) is 0 Å². The first-order valence-corrected chi connectivity index (χ1v) is 8.27. The summed E-state index contributed by atoms with van der Waals surface area (Å²) in [6, 6.07) is 12.1. The molecule has 1 heterocycles. The average Bonchev–Trinajstić information content (AvgIpc) is 2.98. The molecule has 3 nitrogen and oxygen atoms in total. The summed E-state index contributed by atoms with van der Waals surface area (Å²) < 4.78 is 11.4. The topological polar surface area (TPSA) is 30.5 Å². The van der Waals surface area contributed by atoms with E-state index in [0.29, 0.717) is 6.61 Å². The zero-order chi connectivity index (χ0) is 14.9. The molecule has 114 valence electrons. The van der Waals surface area contributed by atoms with E-state index in [0.717, 1.165) is 37.6 Å². The Hall–Kier alpha value is -1.52. The molecule has 1 aromatic heterocycles. The van der Waals surface area contributed by atoms with Gasteiger partial charge in [-0.15, -0.1) is 11.3 Å². The van der Waals surface area contributed by atoms with E-state index in [2.05, 4.69) is 31.3 Å². The van der Waals surface area contributed by atoms with E-state index < -0.39 is 0 Å². The van der Waals surface area contributed by atoms with Crippen molar-refractivity contribution < 1.29 is 9.47 Å². The van der Waals surface area contributed by atoms with Crippen LogP contribution in [0.4, 0.5) is 0 Å². The van der Waals surface area contributed by atoms with Gasteiger partial charge in [-0.1, -0.05) is 13.8 Å². The van der Waals surface area contributed by atoms with Crippen LogP contribution in [0.5, 0.6) is 11.5 Å². The van der Waals surface area contributed by atoms with Crippen LogP contribution in [0.15, 0.2) is 36.4 Å². The van der Waals surface area contributed by atoms with E-state index in [1.54, 1.807) is 11.3 Å². The minimum absolute atomic E-state index is 0.617. The van der Waals surface area contributed by atoms with E-state index in [4.69, 9.17) is 9.47 Å². The first kappa shape index (κ1) is 15.9. The molecule has 0 aliphatic carbocycles. The maximum absolute atomic E-state index is 5.80. The van der Waals surface area contributed by atoms with Crippen molar-refractivity contribution in [2.24, 2.45) is 0 Å². The quantitative estimate of drug-likeness (QED) is 0.752. The Morgan fingerprint density at radius 3 is 2.24 bits per heavy atom. The molecule has 4 heteroatoms. The summed E-state index contributed by atoms with van der Waals surface area (Å²) in [5.74, 6) is 1.77. The molecule has 0 saturated heterocycles. The summed E-state index contributed by atoms with van der Waals surface area (Å²) in [6.07, 6.45) is 1.02. The second kappa shape index (κ2) is 8.70. The van der Waals surface area contributed by atoms with E-state index in [1.165, 1.54) is 9.75 Å². The second-order valence-corrected chi connectivity index (χ2v) is 6.01. The van der Waals surface area contributed by atoms with Crippen LogP contribution in [0.25, 0.3) is 0 Å². The van der Waals surface area contributed by atoms with Crippen LogP contribution in [-0.4, -0.2) is 13.2 Å². The second-order valence-electron chi connectivity index (χ2n) is 4.76. The normalized spacial score (nSPS) is 10.6. The summed E-state index contributed by atoms with van der Waals surface area (Å²) in [5.41, 5.74) is 0. The number of ether oxygens (including phenoxy) is 2. The SMILES string of the molecule is CCCOc1ccc(OCc2ccc(CNCC)s2)cc1. The fraction of sp³-hybridized carbons (Fsp3) is 0.412. The highest BCUT2D eigenvalue weighted by Gasteiger charge is 2.02. The molecule has 2 rings (SSSR count). The molecule has 0 bridgehead atoms. The van der Waals surface area contributed by atoms with Crippen LogP contribution in [0.3, 0.4) is 0 Å². The zero-order valence-corrected chi connectivity index (χ0v) is 13.5. The van der Waals surface area contributed by atoms with Crippen molar-refractivity contribution in [2.45, 2.75) is 33.4 Å². The van der Waals surface area contributed by atoms with Gasteiger partial charge in [0, 0.05) is 16.3 Å². The standard InChI is InChI=1S/C17H23NO2S/c1-3-11-19-14-5-7-15(8-6-14)20-13-17-10-9-16(21-17)12-18-4-2/h5-10,18H,3-4,11-13H2,1-2H3. The average molecular weight is 305 g/mol. The number of nitrogens with one attached hydrogen (secondary N) is 1. The Labute approximate surface area is 130 Å². The van der Waals surface area contributed by atoms with Crippen LogP contribution < -0.4 is 14.8 Å². The highest BCUT2D eigenvalue weighted by atomic mass is 32.1. The lowest BCUT2D eigenvalue weighted by Crippen LogP contribution is -2.10. The molecule has 0 atom stereocenters. The maximum Gasteiger partial charge on any atom is 0.122 e. The minimum Gasteiger partial charge on any atom is -0.494 e. The Morgan fingerprint density at radius 1 is 0.905 bits per heavy atom. The van der Waals surface area contributed by atoms with Crippen molar-refractivity contribution in [1.82, 2.24) is 5.32 Å². The van der Waals surface area contributed by atoms with Crippen molar-refractivity contribution in [2.75, 3.05) is 13.2 Å². The highest BCUT2D eigenvalue weighted by molar-refractivity contribution is 7.11. The highest BCUT2D eigenvalue weighted by Crippen LogP contribution is 2.21. The Balaban J connectivity index is 1.80. The van der Waals surface area contributed by atoms with Crippen LogP contribution in [0.2, 0.25) is 0 Å². The number of thiophene rings is 1. The molecule has 0 unspecified atom stereocenters. The molecule has 21 heavy (non-hydrogen) atoms. The molecular formula is C17H23NO2S. The molecule has 0 fully saturated rings. The van der Waals surface area contributed by atoms with E-state index in [9.17, 15) is 0 Å². The molecule has 1 aromatic carbocycles. The lowest BCUT2D eigenvalue weighted by Gasteiger charge is -2.07. The Kier molecular flexibility index (Phi) is 6.57. The van der Waals surface area contributed by atoms with E-state index in [1.807, 2.05) is 24.3 Å². The third kappa shape index (κ3) is 5.40. The smallest absolute Gasteiger partial charge is 0.122 e. The summed E-state index contributed by atoms with van der Waals surface area (Å²) in [7, 11) is 0. The van der Waals surface area contributed by atoms with Crippen LogP contribution >= 0.6 is 11.3 Å². The molecular weight excluding hydrogens is 282 g/mol. The van der Waals surface area contributed by atoms with Gasteiger partial charge < -0.3 is 14.8 Å². The lowest BCUT2D eigenvalue weighted by atomic mass is 10.3. The fourth-order valence-electron chi connectivity index (χ4n) is 1.85. The Bertz CT molecular complexity index is 522. The monoisotopic (exact) mass is 305 g/mol. The minimum atomic E-state index is 0.617. The van der Waals surface area contributed by atoms with Gasteiger partial charge in [0.15, 0.2) is 0 Å². The molecule has 0 amide bonds. The van der Waals surface area contributed by atoms with Crippen LogP contribution in [0.1, 0.15) is 30.0 Å². The van der Waals surface area contributed by atoms with Gasteiger partial charge in [0.1, 0.15) is 18.1 Å². The number of rotatable bonds is 9. The zero-order valence-electron chi connectivity index (χ0n) is 12.7. The summed E-state index contributed by atoms with van der Waals surface area (Å²) in [5, 5.41) is 3.33. The Morgan fingerprint density at radius 2 is 1.57 bits per heavy atom. The lowest BCUT2D eigenvalue weighted by molar-refractivity contribution is 0.304. The van der Waals surface area contributed by atoms with Crippen LogP contribution in [-0.2, 0) is 13.2 Å². The van der Waals surface area contributed by atoms with Gasteiger partial charge in [0.2, 0.25) is 0 Å². The molecule has 0 radical (unpaired) electrons. The molecule has 2 aromatic rings. The summed E-state index contributed by atoms with van der Waals surface area (Å²) in [4.78, 5) is 2.59. The van der Waals surface area contributed by atoms with E-state index in [-0.39, 0.29) is 0 Å². The van der Waals surface area contributed by atoms with Crippen LogP contribution in [0, 0.1) is 0 Å². The molecule has 0 aliphatic heterocycles. The summed E-state index contributed by atoms with van der Waals surface area (Å²) in [6.45, 7) is 7.52. The van der Waals surface area contributed by atoms with Gasteiger partial charge in [0.05, 0.1) is 6.61 Å². The van der Waals surface area contributed by atoms with Crippen molar-refractivity contribution >= 4 is 11.3 Å². The first-order valence-electron chi connectivity index (χ1n) is 7.45. The van der Waals surface area contributed by atoms with Gasteiger partial charge in [-0.05, 0) is 49.4 Å². The molecule has 0 saturated carbocycles. The fourth-order valence-corrected chi connectivity index (χ4v) is 2.75.